The monoisotopic (exact) mass is 242 g/mol. The smallest absolute Gasteiger partial charge is 0.242 e. The number of carbonyl (C=O) groups is 1. The SMILES string of the molecule is CCCC(C)(N)C(=O)N1CC(C)OC(CC)C1. The lowest BCUT2D eigenvalue weighted by Crippen LogP contribution is -2.58. The molecule has 4 nitrogen and oxygen atoms in total. The van der Waals surface area contributed by atoms with Crippen LogP contribution in [0.15, 0.2) is 0 Å². The second-order valence-corrected chi connectivity index (χ2v) is 5.35. The van der Waals surface area contributed by atoms with Gasteiger partial charge in [-0.05, 0) is 26.7 Å². The van der Waals surface area contributed by atoms with Gasteiger partial charge in [-0.3, -0.25) is 4.79 Å². The molecule has 1 saturated heterocycles. The van der Waals surface area contributed by atoms with Crippen molar-refractivity contribution in [3.8, 4) is 0 Å². The lowest BCUT2D eigenvalue weighted by atomic mass is 9.95. The van der Waals surface area contributed by atoms with Crippen molar-refractivity contribution >= 4 is 5.91 Å². The van der Waals surface area contributed by atoms with Gasteiger partial charge in [0, 0.05) is 13.1 Å². The molecule has 1 fully saturated rings. The maximum Gasteiger partial charge on any atom is 0.242 e. The molecule has 100 valence electrons. The highest BCUT2D eigenvalue weighted by atomic mass is 16.5. The molecule has 4 heteroatoms. The summed E-state index contributed by atoms with van der Waals surface area (Å²) in [7, 11) is 0. The van der Waals surface area contributed by atoms with E-state index in [4.69, 9.17) is 10.5 Å². The Bertz CT molecular complexity index is 266. The van der Waals surface area contributed by atoms with Crippen LogP contribution in [0, 0.1) is 0 Å². The Balaban J connectivity index is 2.68. The predicted molar refractivity (Wildman–Crippen MR) is 68.7 cm³/mol. The van der Waals surface area contributed by atoms with E-state index in [1.54, 1.807) is 0 Å². The molecule has 1 aliphatic rings. The van der Waals surface area contributed by atoms with E-state index in [2.05, 4.69) is 13.8 Å². The molecular weight excluding hydrogens is 216 g/mol. The fourth-order valence-corrected chi connectivity index (χ4v) is 2.42. The Labute approximate surface area is 104 Å². The van der Waals surface area contributed by atoms with Crippen LogP contribution in [0.4, 0.5) is 0 Å². The van der Waals surface area contributed by atoms with Crippen molar-refractivity contribution in [1.82, 2.24) is 4.90 Å². The van der Waals surface area contributed by atoms with Gasteiger partial charge < -0.3 is 15.4 Å². The minimum atomic E-state index is -0.732. The highest BCUT2D eigenvalue weighted by Crippen LogP contribution is 2.19. The number of nitrogens with zero attached hydrogens (tertiary/aromatic N) is 1. The van der Waals surface area contributed by atoms with Crippen molar-refractivity contribution in [3.05, 3.63) is 0 Å². The topological polar surface area (TPSA) is 55.6 Å². The van der Waals surface area contributed by atoms with Crippen LogP contribution in [0.2, 0.25) is 0 Å². The normalized spacial score (nSPS) is 28.9. The lowest BCUT2D eigenvalue weighted by molar-refractivity contribution is -0.149. The molecule has 0 bridgehead atoms. The molecule has 0 saturated carbocycles. The molecule has 0 aromatic rings. The van der Waals surface area contributed by atoms with Crippen LogP contribution in [-0.4, -0.2) is 41.6 Å². The first-order valence-corrected chi connectivity index (χ1v) is 6.64. The summed E-state index contributed by atoms with van der Waals surface area (Å²) in [5.74, 6) is 0.0629. The van der Waals surface area contributed by atoms with Gasteiger partial charge in [0.25, 0.3) is 0 Å². The van der Waals surface area contributed by atoms with Gasteiger partial charge in [0.05, 0.1) is 17.7 Å². The molecule has 2 N–H and O–H groups in total. The summed E-state index contributed by atoms with van der Waals surface area (Å²) in [4.78, 5) is 14.2. The average molecular weight is 242 g/mol. The van der Waals surface area contributed by atoms with Gasteiger partial charge in [-0.2, -0.15) is 0 Å². The number of amides is 1. The van der Waals surface area contributed by atoms with E-state index in [0.717, 1.165) is 19.3 Å². The van der Waals surface area contributed by atoms with E-state index >= 15 is 0 Å². The summed E-state index contributed by atoms with van der Waals surface area (Å²) in [6.45, 7) is 9.31. The summed E-state index contributed by atoms with van der Waals surface area (Å²) in [6.07, 6.45) is 2.85. The zero-order valence-corrected chi connectivity index (χ0v) is 11.5. The maximum atomic E-state index is 12.4. The van der Waals surface area contributed by atoms with Crippen LogP contribution < -0.4 is 5.73 Å². The van der Waals surface area contributed by atoms with E-state index in [0.29, 0.717) is 13.1 Å². The second-order valence-electron chi connectivity index (χ2n) is 5.35. The summed E-state index contributed by atoms with van der Waals surface area (Å²) >= 11 is 0. The van der Waals surface area contributed by atoms with Gasteiger partial charge in [-0.25, -0.2) is 0 Å². The molecule has 0 spiro atoms. The molecule has 0 aromatic carbocycles. The number of morpholine rings is 1. The van der Waals surface area contributed by atoms with E-state index in [-0.39, 0.29) is 18.1 Å². The summed E-state index contributed by atoms with van der Waals surface area (Å²) < 4.78 is 5.75. The molecule has 1 amide bonds. The largest absolute Gasteiger partial charge is 0.372 e. The zero-order chi connectivity index (χ0) is 13.1. The van der Waals surface area contributed by atoms with Gasteiger partial charge >= 0.3 is 0 Å². The van der Waals surface area contributed by atoms with Crippen molar-refractivity contribution in [2.24, 2.45) is 5.73 Å². The zero-order valence-electron chi connectivity index (χ0n) is 11.5. The van der Waals surface area contributed by atoms with E-state index in [9.17, 15) is 4.79 Å². The third-order valence-corrected chi connectivity index (χ3v) is 3.33. The van der Waals surface area contributed by atoms with Crippen LogP contribution in [0.5, 0.6) is 0 Å². The quantitative estimate of drug-likeness (QED) is 0.813. The van der Waals surface area contributed by atoms with Gasteiger partial charge in [0.2, 0.25) is 5.91 Å². The average Bonchev–Trinajstić information content (AvgIpc) is 2.27. The van der Waals surface area contributed by atoms with Crippen molar-refractivity contribution < 1.29 is 9.53 Å². The third-order valence-electron chi connectivity index (χ3n) is 3.33. The Hall–Kier alpha value is -0.610. The van der Waals surface area contributed by atoms with Crippen LogP contribution in [-0.2, 0) is 9.53 Å². The number of hydrogen-bond acceptors (Lipinski definition) is 3. The first-order chi connectivity index (χ1) is 7.90. The van der Waals surface area contributed by atoms with Gasteiger partial charge in [-0.1, -0.05) is 20.3 Å². The lowest BCUT2D eigenvalue weighted by Gasteiger charge is -2.40. The Morgan fingerprint density at radius 1 is 1.47 bits per heavy atom. The molecule has 3 atom stereocenters. The standard InChI is InChI=1S/C13H26N2O2/c1-5-7-13(4,14)12(16)15-8-10(3)17-11(6-2)9-15/h10-11H,5-9,14H2,1-4H3. The van der Waals surface area contributed by atoms with Crippen LogP contribution >= 0.6 is 0 Å². The van der Waals surface area contributed by atoms with Crippen molar-refractivity contribution in [3.63, 3.8) is 0 Å². The number of ether oxygens (including phenoxy) is 1. The van der Waals surface area contributed by atoms with Crippen LogP contribution in [0.1, 0.15) is 47.0 Å². The Morgan fingerprint density at radius 3 is 2.65 bits per heavy atom. The molecule has 1 rings (SSSR count). The summed E-state index contributed by atoms with van der Waals surface area (Å²) in [5.41, 5.74) is 5.37. The van der Waals surface area contributed by atoms with E-state index in [1.807, 2.05) is 18.7 Å². The van der Waals surface area contributed by atoms with Crippen molar-refractivity contribution in [2.75, 3.05) is 13.1 Å². The maximum absolute atomic E-state index is 12.4. The molecule has 0 aromatic heterocycles. The van der Waals surface area contributed by atoms with Crippen LogP contribution in [0.25, 0.3) is 0 Å². The highest BCUT2D eigenvalue weighted by molar-refractivity contribution is 5.85. The Kier molecular flexibility index (Phi) is 4.95. The number of carbonyl (C=O) groups excluding carboxylic acids is 1. The van der Waals surface area contributed by atoms with Crippen molar-refractivity contribution in [2.45, 2.75) is 64.7 Å². The molecule has 3 unspecified atom stereocenters. The predicted octanol–water partition coefficient (Wildman–Crippen LogP) is 1.53. The van der Waals surface area contributed by atoms with Crippen LogP contribution in [0.3, 0.4) is 0 Å². The number of hydrogen-bond donors (Lipinski definition) is 1. The molecule has 1 heterocycles. The minimum absolute atomic E-state index is 0.0629. The molecular formula is C13H26N2O2. The van der Waals surface area contributed by atoms with E-state index < -0.39 is 5.54 Å². The fourth-order valence-electron chi connectivity index (χ4n) is 2.42. The summed E-state index contributed by atoms with van der Waals surface area (Å²) in [5, 5.41) is 0. The molecule has 0 radical (unpaired) electrons. The molecule has 0 aliphatic carbocycles. The second kappa shape index (κ2) is 5.83. The minimum Gasteiger partial charge on any atom is -0.372 e. The van der Waals surface area contributed by atoms with Gasteiger partial charge in [0.15, 0.2) is 0 Å². The van der Waals surface area contributed by atoms with Gasteiger partial charge in [0.1, 0.15) is 0 Å². The first-order valence-electron chi connectivity index (χ1n) is 6.64. The number of rotatable bonds is 4. The third kappa shape index (κ3) is 3.68. The van der Waals surface area contributed by atoms with Crippen molar-refractivity contribution in [1.29, 1.82) is 0 Å². The van der Waals surface area contributed by atoms with Gasteiger partial charge in [-0.15, -0.1) is 0 Å². The highest BCUT2D eigenvalue weighted by Gasteiger charge is 2.35. The fraction of sp³-hybridized carbons (Fsp3) is 0.923. The Morgan fingerprint density at radius 2 is 2.12 bits per heavy atom. The molecule has 17 heavy (non-hydrogen) atoms. The van der Waals surface area contributed by atoms with E-state index in [1.165, 1.54) is 0 Å². The summed E-state index contributed by atoms with van der Waals surface area (Å²) in [6, 6.07) is 0. The molecule has 1 aliphatic heterocycles. The number of nitrogens with two attached hydrogens (primary N) is 1. The first kappa shape index (κ1) is 14.5.